The molecule has 0 aromatic rings. The van der Waals surface area contributed by atoms with Gasteiger partial charge in [0.15, 0.2) is 0 Å². The predicted molar refractivity (Wildman–Crippen MR) is 45.7 cm³/mol. The first-order valence-electron chi connectivity index (χ1n) is 3.59. The standard InChI is InChI=1S/C5H12N2O2.CHF2.Sn/c6-3-1-2-4(7)5(8)9;2-1-3;/h4H,1-3,6-7H2,(H,8,9);1H;/t4-;;/m0../s1. The van der Waals surface area contributed by atoms with Gasteiger partial charge in [-0.25, -0.2) is 0 Å². The second kappa shape index (κ2) is 10.1. The van der Waals surface area contributed by atoms with Gasteiger partial charge in [0, 0.05) is 0 Å². The van der Waals surface area contributed by atoms with E-state index >= 15 is 0 Å². The smallest absolute Gasteiger partial charge is 0.320 e. The van der Waals surface area contributed by atoms with Crippen LogP contribution in [0.1, 0.15) is 12.8 Å². The summed E-state index contributed by atoms with van der Waals surface area (Å²) in [6, 6.07) is -0.742. The number of alkyl halides is 2. The number of carboxylic acid groups (broad SMARTS) is 1. The molecule has 0 aromatic heterocycles. The summed E-state index contributed by atoms with van der Waals surface area (Å²) < 4.78 is 18.7. The molecule has 0 aliphatic rings. The van der Waals surface area contributed by atoms with E-state index in [1.165, 1.54) is 0 Å². The maximum atomic E-state index is 10.4. The first kappa shape index (κ1) is 15.5. The Kier molecular flexibility index (Phi) is 12.1. The average Bonchev–Trinajstić information content (AvgIpc) is 1.98. The van der Waals surface area contributed by atoms with Crippen LogP contribution in [0.4, 0.5) is 8.78 Å². The van der Waals surface area contributed by atoms with Gasteiger partial charge in [-0.15, -0.1) is 0 Å². The van der Waals surface area contributed by atoms with Crippen LogP contribution in [0.3, 0.4) is 0 Å². The molecule has 0 saturated heterocycles. The molecule has 0 saturated carbocycles. The van der Waals surface area contributed by atoms with Crippen LogP contribution < -0.4 is 11.5 Å². The van der Waals surface area contributed by atoms with Crippen LogP contribution in [-0.4, -0.2) is 50.6 Å². The van der Waals surface area contributed by atoms with Crippen LogP contribution >= 0.6 is 0 Å². The van der Waals surface area contributed by atoms with Gasteiger partial charge < -0.3 is 16.6 Å². The van der Waals surface area contributed by atoms with Crippen molar-refractivity contribution < 1.29 is 18.7 Å². The molecule has 0 aliphatic carbocycles. The van der Waals surface area contributed by atoms with Crippen LogP contribution in [0.2, 0.25) is 0 Å². The Morgan fingerprint density at radius 2 is 1.92 bits per heavy atom. The maximum Gasteiger partial charge on any atom is 0.320 e. The zero-order valence-electron chi connectivity index (χ0n) is 7.04. The van der Waals surface area contributed by atoms with E-state index in [4.69, 9.17) is 16.6 Å². The zero-order valence-corrected chi connectivity index (χ0v) is 9.90. The van der Waals surface area contributed by atoms with Crippen molar-refractivity contribution >= 4 is 28.5 Å². The number of carbonyl (C=O) groups is 1. The van der Waals surface area contributed by atoms with Gasteiger partial charge in [-0.1, -0.05) is 0 Å². The van der Waals surface area contributed by atoms with Gasteiger partial charge in [-0.05, 0) is 19.4 Å². The molecule has 7 heteroatoms. The summed E-state index contributed by atoms with van der Waals surface area (Å²) in [7, 11) is 0. The quantitative estimate of drug-likeness (QED) is 0.612. The van der Waals surface area contributed by atoms with E-state index in [0.29, 0.717) is 41.9 Å². The SMILES string of the molecule is F[CH](F)[Sn].NCCC[C@H](N)C(=O)O. The summed E-state index contributed by atoms with van der Waals surface area (Å²) in [5.74, 6) is -0.955. The maximum absolute atomic E-state index is 10.4. The largest absolute Gasteiger partial charge is 0.480 e. The number of hydrogen-bond donors (Lipinski definition) is 3. The van der Waals surface area contributed by atoms with Crippen LogP contribution in [-0.2, 0) is 4.79 Å². The Bertz CT molecular complexity index is 135. The first-order chi connectivity index (χ1) is 5.91. The zero-order chi connectivity index (χ0) is 10.9. The average molecular weight is 302 g/mol. The summed E-state index contributed by atoms with van der Waals surface area (Å²) in [5.41, 5.74) is 10.3. The second-order valence-electron chi connectivity index (χ2n) is 2.18. The molecule has 0 rings (SSSR count). The molecule has 0 bridgehead atoms. The third kappa shape index (κ3) is 18.8. The fraction of sp³-hybridized carbons (Fsp3) is 0.833. The molecule has 0 fully saturated rings. The van der Waals surface area contributed by atoms with Gasteiger partial charge in [0.25, 0.3) is 0 Å². The van der Waals surface area contributed by atoms with Crippen molar-refractivity contribution in [2.75, 3.05) is 6.54 Å². The third-order valence-corrected chi connectivity index (χ3v) is 1.04. The Morgan fingerprint density at radius 1 is 1.54 bits per heavy atom. The van der Waals surface area contributed by atoms with Gasteiger partial charge in [0.1, 0.15) is 6.04 Å². The van der Waals surface area contributed by atoms with Gasteiger partial charge in [0.2, 0.25) is 0 Å². The van der Waals surface area contributed by atoms with Gasteiger partial charge in [0.05, 0.1) is 0 Å². The van der Waals surface area contributed by atoms with Crippen molar-refractivity contribution in [2.45, 2.75) is 23.3 Å². The van der Waals surface area contributed by atoms with E-state index in [2.05, 4.69) is 0 Å². The van der Waals surface area contributed by atoms with Crippen LogP contribution in [0, 0.1) is 0 Å². The number of hydrogen-bond acceptors (Lipinski definition) is 3. The Hall–Kier alpha value is 0.0487. The first-order valence-corrected chi connectivity index (χ1v) is 5.24. The van der Waals surface area contributed by atoms with Crippen molar-refractivity contribution in [2.24, 2.45) is 11.5 Å². The number of rotatable bonds is 4. The minimum absolute atomic E-state index is 0.303. The Morgan fingerprint density at radius 3 is 2.15 bits per heavy atom. The minimum Gasteiger partial charge on any atom is -0.480 e. The normalized spacial score (nSPS) is 11.8. The summed E-state index contributed by atoms with van der Waals surface area (Å²) in [6.07, 6.45) is 1.14. The summed E-state index contributed by atoms with van der Waals surface area (Å²) in [4.78, 5) is 10.0. The van der Waals surface area contributed by atoms with Crippen molar-refractivity contribution in [3.63, 3.8) is 0 Å². The molecule has 0 heterocycles. The van der Waals surface area contributed by atoms with Crippen LogP contribution in [0.15, 0.2) is 0 Å². The minimum atomic E-state index is -2.08. The molecule has 4 nitrogen and oxygen atoms in total. The molecule has 0 aliphatic heterocycles. The van der Waals surface area contributed by atoms with E-state index in [-0.39, 0.29) is 0 Å². The molecular weight excluding hydrogens is 289 g/mol. The molecule has 0 spiro atoms. The topological polar surface area (TPSA) is 89.3 Å². The molecule has 1 atom stereocenters. The number of aliphatic carboxylic acids is 1. The van der Waals surface area contributed by atoms with Gasteiger partial charge in [-0.2, -0.15) is 0 Å². The molecule has 0 aromatic carbocycles. The second-order valence-corrected chi connectivity index (χ2v) is 3.42. The molecular formula is C6H13F2N2O2Sn. The number of nitrogens with two attached hydrogens (primary N) is 2. The van der Waals surface area contributed by atoms with Gasteiger partial charge in [-0.3, -0.25) is 4.79 Å². The molecule has 3 radical (unpaired) electrons. The predicted octanol–water partition coefficient (Wildman–Crippen LogP) is -0.485. The van der Waals surface area contributed by atoms with E-state index in [1.807, 2.05) is 0 Å². The molecule has 77 valence electrons. The van der Waals surface area contributed by atoms with E-state index < -0.39 is 16.5 Å². The fourth-order valence-electron chi connectivity index (χ4n) is 0.461. The monoisotopic (exact) mass is 303 g/mol. The molecule has 13 heavy (non-hydrogen) atoms. The summed E-state index contributed by atoms with van der Waals surface area (Å²) in [5, 5.41) is 8.24. The fourth-order valence-corrected chi connectivity index (χ4v) is 0.461. The van der Waals surface area contributed by atoms with E-state index in [9.17, 15) is 13.6 Å². The van der Waals surface area contributed by atoms with Crippen LogP contribution in [0.25, 0.3) is 0 Å². The Labute approximate surface area is 88.7 Å². The number of carboxylic acids is 1. The molecule has 0 unspecified atom stereocenters. The summed E-state index contributed by atoms with van der Waals surface area (Å²) >= 11 is 0.303. The van der Waals surface area contributed by atoms with Crippen molar-refractivity contribution in [3.05, 3.63) is 0 Å². The van der Waals surface area contributed by atoms with Crippen molar-refractivity contribution in [1.82, 2.24) is 0 Å². The van der Waals surface area contributed by atoms with Crippen molar-refractivity contribution in [1.29, 1.82) is 0 Å². The van der Waals surface area contributed by atoms with E-state index in [1.54, 1.807) is 0 Å². The number of halogens is 2. The summed E-state index contributed by atoms with van der Waals surface area (Å²) in [6.45, 7) is 0.501. The molecule has 5 N–H and O–H groups in total. The third-order valence-electron chi connectivity index (χ3n) is 1.04. The van der Waals surface area contributed by atoms with Gasteiger partial charge >= 0.3 is 41.7 Å². The Balaban J connectivity index is 0. The van der Waals surface area contributed by atoms with Crippen LogP contribution in [0.5, 0.6) is 0 Å². The molecule has 0 amide bonds. The van der Waals surface area contributed by atoms with E-state index in [0.717, 1.165) is 0 Å². The van der Waals surface area contributed by atoms with Crippen molar-refractivity contribution in [3.8, 4) is 0 Å².